The summed E-state index contributed by atoms with van der Waals surface area (Å²) in [6.45, 7) is 4.24. The van der Waals surface area contributed by atoms with Gasteiger partial charge in [-0.1, -0.05) is 181 Å². The van der Waals surface area contributed by atoms with Gasteiger partial charge in [-0.25, -0.2) is 4.57 Å². The number of ether oxygens (including phenoxy) is 2. The third-order valence-electron chi connectivity index (χ3n) is 10.7. The fourth-order valence-corrected chi connectivity index (χ4v) is 8.09. The number of carbonyl (C=O) groups excluding carboxylic acids is 1. The Labute approximate surface area is 334 Å². The Morgan fingerprint density at radius 3 is 1.25 bits per heavy atom. The molecule has 1 saturated carbocycles. The highest BCUT2D eigenvalue weighted by atomic mass is 31.2. The Hall–Kier alpha value is -0.660. The minimum atomic E-state index is -5.00. The van der Waals surface area contributed by atoms with Gasteiger partial charge < -0.3 is 39.9 Å². The normalized spacial score (nSPS) is 23.1. The lowest BCUT2D eigenvalue weighted by Gasteiger charge is -2.41. The van der Waals surface area contributed by atoms with Gasteiger partial charge in [-0.15, -0.1) is 0 Å². The van der Waals surface area contributed by atoms with Gasteiger partial charge in [-0.3, -0.25) is 13.8 Å². The zero-order valence-electron chi connectivity index (χ0n) is 34.7. The summed E-state index contributed by atoms with van der Waals surface area (Å²) in [4.78, 5) is 23.0. The molecule has 6 unspecified atom stereocenters. The largest absolute Gasteiger partial charge is 0.472 e. The van der Waals surface area contributed by atoms with Gasteiger partial charge in [0.15, 0.2) is 0 Å². The standard InChI is InChI=1S/C42H83O12P/c1-3-5-7-9-11-13-14-15-16-17-18-19-20-21-22-23-24-26-28-30-32-51-33-35(53-36(43)31-29-27-25-12-10-8-6-4-2)34-52-55(49,50)54-42-40(47)38(45)37(44)39(46)41(42)48/h35,37-42,44-48H,3-34H2,1-2H3,(H,49,50). The van der Waals surface area contributed by atoms with E-state index in [9.17, 15) is 39.8 Å². The van der Waals surface area contributed by atoms with E-state index in [1.807, 2.05) is 0 Å². The van der Waals surface area contributed by atoms with Gasteiger partial charge in [0.1, 0.15) is 42.7 Å². The number of hydrogen-bond donors (Lipinski definition) is 6. The molecule has 0 amide bonds. The number of carbonyl (C=O) groups is 1. The second-order valence-corrected chi connectivity index (χ2v) is 17.3. The molecule has 13 heteroatoms. The number of phosphoric acid groups is 1. The van der Waals surface area contributed by atoms with Gasteiger partial charge in [0.2, 0.25) is 0 Å². The molecule has 0 aliphatic heterocycles. The van der Waals surface area contributed by atoms with Gasteiger partial charge >= 0.3 is 13.8 Å². The van der Waals surface area contributed by atoms with Gasteiger partial charge in [0, 0.05) is 13.0 Å². The van der Waals surface area contributed by atoms with Crippen molar-refractivity contribution < 1.29 is 58.3 Å². The Morgan fingerprint density at radius 2 is 0.855 bits per heavy atom. The molecule has 6 N–H and O–H groups in total. The minimum Gasteiger partial charge on any atom is -0.457 e. The van der Waals surface area contributed by atoms with E-state index in [0.29, 0.717) is 13.0 Å². The summed E-state index contributed by atoms with van der Waals surface area (Å²) in [5.74, 6) is -0.478. The highest BCUT2D eigenvalue weighted by molar-refractivity contribution is 7.47. The predicted octanol–water partition coefficient (Wildman–Crippen LogP) is 8.59. The van der Waals surface area contributed by atoms with Crippen LogP contribution in [0.1, 0.15) is 200 Å². The number of unbranched alkanes of at least 4 members (excludes halogenated alkanes) is 26. The van der Waals surface area contributed by atoms with E-state index in [-0.39, 0.29) is 13.0 Å². The first-order chi connectivity index (χ1) is 26.5. The maximum Gasteiger partial charge on any atom is 0.472 e. The first-order valence-electron chi connectivity index (χ1n) is 22.4. The molecular formula is C42H83O12P. The molecule has 0 aromatic carbocycles. The van der Waals surface area contributed by atoms with Crippen LogP contribution in [0.4, 0.5) is 0 Å². The van der Waals surface area contributed by atoms with E-state index in [1.54, 1.807) is 0 Å². The summed E-state index contributed by atoms with van der Waals surface area (Å²) in [6.07, 6.45) is 22.0. The van der Waals surface area contributed by atoms with Crippen molar-refractivity contribution in [3.05, 3.63) is 0 Å². The van der Waals surface area contributed by atoms with Crippen LogP contribution in [0.15, 0.2) is 0 Å². The Kier molecular flexibility index (Phi) is 32.6. The molecule has 1 aliphatic carbocycles. The highest BCUT2D eigenvalue weighted by Crippen LogP contribution is 2.47. The average Bonchev–Trinajstić information content (AvgIpc) is 3.17. The third-order valence-corrected chi connectivity index (χ3v) is 11.7. The van der Waals surface area contributed by atoms with E-state index >= 15 is 0 Å². The summed E-state index contributed by atoms with van der Waals surface area (Å²) in [7, 11) is -5.00. The lowest BCUT2D eigenvalue weighted by Crippen LogP contribution is -2.64. The molecule has 0 saturated heterocycles. The number of aliphatic hydroxyl groups excluding tert-OH is 5. The summed E-state index contributed by atoms with van der Waals surface area (Å²) >= 11 is 0. The Bertz CT molecular complexity index is 926. The van der Waals surface area contributed by atoms with Crippen molar-refractivity contribution in [3.63, 3.8) is 0 Å². The Morgan fingerprint density at radius 1 is 0.509 bits per heavy atom. The lowest BCUT2D eigenvalue weighted by atomic mass is 9.85. The second kappa shape index (κ2) is 34.2. The minimum absolute atomic E-state index is 0.0689. The Balaban J connectivity index is 2.30. The van der Waals surface area contributed by atoms with E-state index < -0.39 is 63.1 Å². The van der Waals surface area contributed by atoms with E-state index in [0.717, 1.165) is 38.5 Å². The van der Waals surface area contributed by atoms with Crippen molar-refractivity contribution in [1.82, 2.24) is 0 Å². The molecule has 55 heavy (non-hydrogen) atoms. The zero-order valence-corrected chi connectivity index (χ0v) is 35.6. The maximum atomic E-state index is 12.7. The van der Waals surface area contributed by atoms with Crippen LogP contribution in [-0.2, 0) is 27.9 Å². The fourth-order valence-electron chi connectivity index (χ4n) is 7.12. The topological polar surface area (TPSA) is 192 Å². The van der Waals surface area contributed by atoms with E-state index in [1.165, 1.54) is 135 Å². The van der Waals surface area contributed by atoms with Crippen LogP contribution in [0.3, 0.4) is 0 Å². The average molecular weight is 811 g/mol. The van der Waals surface area contributed by atoms with Gasteiger partial charge in [0.05, 0.1) is 13.2 Å². The first-order valence-corrected chi connectivity index (χ1v) is 23.9. The summed E-state index contributed by atoms with van der Waals surface area (Å²) in [5.41, 5.74) is 0. The van der Waals surface area contributed by atoms with Crippen molar-refractivity contribution in [3.8, 4) is 0 Å². The van der Waals surface area contributed by atoms with Gasteiger partial charge in [0.25, 0.3) is 0 Å². The molecule has 1 rings (SSSR count). The van der Waals surface area contributed by atoms with E-state index in [4.69, 9.17) is 18.5 Å². The molecule has 0 spiro atoms. The van der Waals surface area contributed by atoms with Crippen LogP contribution in [0.25, 0.3) is 0 Å². The molecule has 0 heterocycles. The van der Waals surface area contributed by atoms with Crippen LogP contribution in [0.2, 0.25) is 0 Å². The molecular weight excluding hydrogens is 727 g/mol. The first kappa shape index (κ1) is 52.4. The fraction of sp³-hybridized carbons (Fsp3) is 0.976. The van der Waals surface area contributed by atoms with Crippen molar-refractivity contribution >= 4 is 13.8 Å². The highest BCUT2D eigenvalue weighted by Gasteiger charge is 2.51. The molecule has 0 bridgehead atoms. The number of aliphatic hydroxyl groups is 5. The summed E-state index contributed by atoms with van der Waals surface area (Å²) in [5, 5.41) is 50.0. The molecule has 0 aromatic rings. The second-order valence-electron chi connectivity index (χ2n) is 15.9. The molecule has 1 fully saturated rings. The van der Waals surface area contributed by atoms with Crippen molar-refractivity contribution in [2.24, 2.45) is 0 Å². The number of rotatable bonds is 38. The molecule has 1 aliphatic rings. The molecule has 0 radical (unpaired) electrons. The van der Waals surface area contributed by atoms with Crippen LogP contribution < -0.4 is 0 Å². The van der Waals surface area contributed by atoms with Crippen molar-refractivity contribution in [2.45, 2.75) is 243 Å². The maximum absolute atomic E-state index is 12.7. The number of hydrogen-bond acceptors (Lipinski definition) is 11. The zero-order chi connectivity index (χ0) is 40.6. The monoisotopic (exact) mass is 811 g/mol. The van der Waals surface area contributed by atoms with Crippen molar-refractivity contribution in [2.75, 3.05) is 19.8 Å². The third kappa shape index (κ3) is 26.9. The summed E-state index contributed by atoms with van der Waals surface area (Å²) in [6, 6.07) is 0. The van der Waals surface area contributed by atoms with Gasteiger partial charge in [-0.05, 0) is 12.8 Å². The SMILES string of the molecule is CCCCCCCCCCCCCCCCCCCCCCOCC(COP(=O)(O)OC1C(O)C(O)C(O)C(O)C1O)OC(=O)CCCCCCCCCC. The molecule has 12 nitrogen and oxygen atoms in total. The molecule has 328 valence electrons. The number of esters is 1. The van der Waals surface area contributed by atoms with Gasteiger partial charge in [-0.2, -0.15) is 0 Å². The van der Waals surface area contributed by atoms with Crippen molar-refractivity contribution in [1.29, 1.82) is 0 Å². The van der Waals surface area contributed by atoms with E-state index in [2.05, 4.69) is 13.8 Å². The summed E-state index contributed by atoms with van der Waals surface area (Å²) < 4.78 is 34.0. The van der Waals surface area contributed by atoms with Crippen LogP contribution in [0, 0.1) is 0 Å². The lowest BCUT2D eigenvalue weighted by molar-refractivity contribution is -0.220. The van der Waals surface area contributed by atoms with Crippen LogP contribution >= 0.6 is 7.82 Å². The smallest absolute Gasteiger partial charge is 0.457 e. The quantitative estimate of drug-likeness (QED) is 0.0198. The number of phosphoric ester groups is 1. The predicted molar refractivity (Wildman–Crippen MR) is 217 cm³/mol. The van der Waals surface area contributed by atoms with Crippen LogP contribution in [-0.4, -0.2) is 98.9 Å². The molecule has 6 atom stereocenters. The molecule has 0 aromatic heterocycles. The van der Waals surface area contributed by atoms with Crippen LogP contribution in [0.5, 0.6) is 0 Å².